The van der Waals surface area contributed by atoms with Gasteiger partial charge in [-0.15, -0.1) is 11.3 Å². The molecule has 0 radical (unpaired) electrons. The average Bonchev–Trinajstić information content (AvgIpc) is 2.84. The molecule has 0 saturated heterocycles. The minimum Gasteiger partial charge on any atom is -0.468 e. The molecule has 2 aromatic rings. The molecule has 0 aromatic carbocycles. The van der Waals surface area contributed by atoms with Gasteiger partial charge in [0.15, 0.2) is 5.69 Å². The van der Waals surface area contributed by atoms with Crippen LogP contribution in [0.25, 0.3) is 0 Å². The normalized spacial score (nSPS) is 13.7. The van der Waals surface area contributed by atoms with Crippen molar-refractivity contribution >= 4 is 22.1 Å². The predicted molar refractivity (Wildman–Crippen MR) is 65.4 cm³/mol. The summed E-state index contributed by atoms with van der Waals surface area (Å²) in [5.74, 6) is 0.244. The van der Waals surface area contributed by atoms with E-state index in [4.69, 9.17) is 4.42 Å². The standard InChI is InChI=1S/C11H10F3NO2S2/c1-6-9(3-4-17-6)19(16)5-8-10(11(12,13)14)15-7(2)18-8/h3-4H,5H2,1-2H3/t19-/m1/s1. The van der Waals surface area contributed by atoms with Crippen molar-refractivity contribution in [3.8, 4) is 0 Å². The molecule has 0 unspecified atom stereocenters. The van der Waals surface area contributed by atoms with Gasteiger partial charge in [0.2, 0.25) is 0 Å². The monoisotopic (exact) mass is 309 g/mol. The lowest BCUT2D eigenvalue weighted by atomic mass is 10.4. The van der Waals surface area contributed by atoms with Crippen LogP contribution in [0.15, 0.2) is 21.6 Å². The molecule has 0 bridgehead atoms. The maximum absolute atomic E-state index is 12.8. The molecule has 0 N–H and O–H groups in total. The van der Waals surface area contributed by atoms with Gasteiger partial charge in [0.05, 0.1) is 37.6 Å². The minimum absolute atomic E-state index is 0.0102. The fourth-order valence-corrected chi connectivity index (χ4v) is 4.01. The van der Waals surface area contributed by atoms with E-state index in [1.54, 1.807) is 6.92 Å². The van der Waals surface area contributed by atoms with Gasteiger partial charge in [-0.2, -0.15) is 13.2 Å². The molecule has 1 atom stereocenters. The Morgan fingerprint density at radius 3 is 2.63 bits per heavy atom. The van der Waals surface area contributed by atoms with Crippen LogP contribution in [0.3, 0.4) is 0 Å². The van der Waals surface area contributed by atoms with Crippen molar-refractivity contribution in [2.75, 3.05) is 0 Å². The third kappa shape index (κ3) is 3.06. The second kappa shape index (κ2) is 5.09. The smallest absolute Gasteiger partial charge is 0.434 e. The Labute approximate surface area is 113 Å². The van der Waals surface area contributed by atoms with Crippen LogP contribution in [0.5, 0.6) is 0 Å². The summed E-state index contributed by atoms with van der Waals surface area (Å²) in [6.07, 6.45) is -3.15. The van der Waals surface area contributed by atoms with Gasteiger partial charge >= 0.3 is 6.18 Å². The van der Waals surface area contributed by atoms with Crippen molar-refractivity contribution in [2.45, 2.75) is 30.7 Å². The fraction of sp³-hybridized carbons (Fsp3) is 0.364. The van der Waals surface area contributed by atoms with Gasteiger partial charge in [0, 0.05) is 0 Å². The maximum Gasteiger partial charge on any atom is 0.434 e. The van der Waals surface area contributed by atoms with Crippen LogP contribution in [0, 0.1) is 13.8 Å². The molecule has 0 aliphatic carbocycles. The molecular weight excluding hydrogens is 299 g/mol. The predicted octanol–water partition coefficient (Wildman–Crippen LogP) is 3.68. The Morgan fingerprint density at radius 2 is 2.11 bits per heavy atom. The molecule has 0 saturated carbocycles. The van der Waals surface area contributed by atoms with Crippen LogP contribution >= 0.6 is 11.3 Å². The Kier molecular flexibility index (Phi) is 3.82. The van der Waals surface area contributed by atoms with Crippen LogP contribution in [-0.4, -0.2) is 9.19 Å². The molecular formula is C11H10F3NO2S2. The maximum atomic E-state index is 12.8. The molecule has 19 heavy (non-hydrogen) atoms. The number of hydrogen-bond acceptors (Lipinski definition) is 4. The molecule has 0 fully saturated rings. The molecule has 0 spiro atoms. The van der Waals surface area contributed by atoms with Gasteiger partial charge in [0.25, 0.3) is 0 Å². The van der Waals surface area contributed by atoms with Crippen molar-refractivity contribution in [1.29, 1.82) is 0 Å². The molecule has 0 aliphatic rings. The number of nitrogens with zero attached hydrogens (tertiary/aromatic N) is 1. The van der Waals surface area contributed by atoms with E-state index in [1.165, 1.54) is 19.3 Å². The van der Waals surface area contributed by atoms with Crippen LogP contribution in [-0.2, 0) is 22.7 Å². The van der Waals surface area contributed by atoms with E-state index < -0.39 is 22.7 Å². The third-order valence-corrected chi connectivity index (χ3v) is 5.01. The zero-order valence-electron chi connectivity index (χ0n) is 10.1. The molecule has 3 nitrogen and oxygen atoms in total. The Balaban J connectivity index is 2.30. The van der Waals surface area contributed by atoms with Crippen LogP contribution in [0.2, 0.25) is 0 Å². The summed E-state index contributed by atoms with van der Waals surface area (Å²) in [4.78, 5) is 3.88. The molecule has 0 aliphatic heterocycles. The lowest BCUT2D eigenvalue weighted by Gasteiger charge is -2.05. The minimum atomic E-state index is -4.52. The van der Waals surface area contributed by atoms with E-state index in [1.807, 2.05) is 0 Å². The second-order valence-electron chi connectivity index (χ2n) is 3.83. The lowest BCUT2D eigenvalue weighted by molar-refractivity contribution is -0.141. The number of alkyl halides is 3. The molecule has 104 valence electrons. The Bertz CT molecular complexity index is 616. The number of aromatic nitrogens is 1. The van der Waals surface area contributed by atoms with Crippen molar-refractivity contribution < 1.29 is 21.8 Å². The number of hydrogen-bond donors (Lipinski definition) is 0. The van der Waals surface area contributed by atoms with E-state index in [2.05, 4.69) is 4.98 Å². The zero-order valence-corrected chi connectivity index (χ0v) is 11.7. The molecule has 2 aromatic heterocycles. The first-order valence-corrected chi connectivity index (χ1v) is 7.38. The summed E-state index contributed by atoms with van der Waals surface area (Å²) in [6.45, 7) is 3.12. The summed E-state index contributed by atoms with van der Waals surface area (Å²) in [5.41, 5.74) is -0.940. The highest BCUT2D eigenvalue weighted by atomic mass is 32.2. The van der Waals surface area contributed by atoms with E-state index in [9.17, 15) is 17.4 Å². The largest absolute Gasteiger partial charge is 0.468 e. The van der Waals surface area contributed by atoms with E-state index in [0.717, 1.165) is 11.3 Å². The number of thiazole rings is 1. The van der Waals surface area contributed by atoms with Gasteiger partial charge in [-0.1, -0.05) is 0 Å². The Morgan fingerprint density at radius 1 is 1.42 bits per heavy atom. The third-order valence-electron chi connectivity index (χ3n) is 2.39. The highest BCUT2D eigenvalue weighted by Gasteiger charge is 2.37. The summed E-state index contributed by atoms with van der Waals surface area (Å²) >= 11 is 0.918. The Hall–Kier alpha value is -1.15. The van der Waals surface area contributed by atoms with Crippen molar-refractivity contribution in [1.82, 2.24) is 4.98 Å². The molecule has 2 rings (SSSR count). The highest BCUT2D eigenvalue weighted by molar-refractivity contribution is 7.84. The molecule has 0 amide bonds. The van der Waals surface area contributed by atoms with Crippen LogP contribution < -0.4 is 0 Å². The van der Waals surface area contributed by atoms with Crippen molar-refractivity contribution in [3.05, 3.63) is 33.7 Å². The highest BCUT2D eigenvalue weighted by Crippen LogP contribution is 2.35. The second-order valence-corrected chi connectivity index (χ2v) is 6.54. The fourth-order valence-electron chi connectivity index (χ4n) is 1.59. The number of halogens is 3. The van der Waals surface area contributed by atoms with Crippen LogP contribution in [0.1, 0.15) is 21.3 Å². The first-order valence-electron chi connectivity index (χ1n) is 5.25. The number of aryl methyl sites for hydroxylation is 2. The summed E-state index contributed by atoms with van der Waals surface area (Å²) in [5, 5.41) is 0.309. The van der Waals surface area contributed by atoms with Gasteiger partial charge in [-0.3, -0.25) is 4.21 Å². The summed E-state index contributed by atoms with van der Waals surface area (Å²) in [7, 11) is -1.57. The van der Waals surface area contributed by atoms with Gasteiger partial charge in [0.1, 0.15) is 5.76 Å². The number of furan rings is 1. The summed E-state index contributed by atoms with van der Waals surface area (Å²) in [6, 6.07) is 1.51. The lowest BCUT2D eigenvalue weighted by Crippen LogP contribution is -2.10. The van der Waals surface area contributed by atoms with E-state index in [0.29, 0.717) is 15.7 Å². The quantitative estimate of drug-likeness (QED) is 0.868. The van der Waals surface area contributed by atoms with E-state index in [-0.39, 0.29) is 10.6 Å². The topological polar surface area (TPSA) is 43.1 Å². The number of rotatable bonds is 3. The van der Waals surface area contributed by atoms with E-state index >= 15 is 0 Å². The van der Waals surface area contributed by atoms with Gasteiger partial charge in [-0.25, -0.2) is 4.98 Å². The SMILES string of the molecule is Cc1nc(C(F)(F)F)c(C[S@@](=O)c2ccoc2C)s1. The molecule has 2 heterocycles. The zero-order chi connectivity index (χ0) is 14.2. The van der Waals surface area contributed by atoms with Crippen LogP contribution in [0.4, 0.5) is 13.2 Å². The average molecular weight is 309 g/mol. The summed E-state index contributed by atoms with van der Waals surface area (Å²) < 4.78 is 55.3. The molecule has 8 heteroatoms. The van der Waals surface area contributed by atoms with Gasteiger partial charge < -0.3 is 4.42 Å². The van der Waals surface area contributed by atoms with Crippen molar-refractivity contribution in [3.63, 3.8) is 0 Å². The van der Waals surface area contributed by atoms with Crippen molar-refractivity contribution in [2.24, 2.45) is 0 Å². The first-order chi connectivity index (χ1) is 8.79. The first kappa shape index (κ1) is 14.3. The van der Waals surface area contributed by atoms with Gasteiger partial charge in [-0.05, 0) is 19.9 Å².